The van der Waals surface area contributed by atoms with Crippen LogP contribution in [0.4, 0.5) is 0 Å². The fourth-order valence-corrected chi connectivity index (χ4v) is 2.00. The molecule has 20 heavy (non-hydrogen) atoms. The van der Waals surface area contributed by atoms with Crippen molar-refractivity contribution in [1.29, 1.82) is 0 Å². The molecule has 1 amide bonds. The predicted octanol–water partition coefficient (Wildman–Crippen LogP) is 2.17. The summed E-state index contributed by atoms with van der Waals surface area (Å²) in [7, 11) is 2.07. The van der Waals surface area contributed by atoms with Crippen molar-refractivity contribution in [2.45, 2.75) is 20.8 Å². The molecule has 1 saturated heterocycles. The highest BCUT2D eigenvalue weighted by Gasteiger charge is 2.19. The molecule has 0 N–H and O–H groups in total. The lowest BCUT2D eigenvalue weighted by Crippen LogP contribution is -2.48. The van der Waals surface area contributed by atoms with Gasteiger partial charge in [-0.2, -0.15) is 0 Å². The maximum atomic E-state index is 11.9. The Morgan fingerprint density at radius 2 is 1.85 bits per heavy atom. The van der Waals surface area contributed by atoms with Gasteiger partial charge in [-0.3, -0.25) is 4.79 Å². The van der Waals surface area contributed by atoms with Crippen LogP contribution in [0.5, 0.6) is 5.75 Å². The van der Waals surface area contributed by atoms with Gasteiger partial charge < -0.3 is 14.5 Å². The van der Waals surface area contributed by atoms with Gasteiger partial charge in [0, 0.05) is 26.2 Å². The molecule has 0 bridgehead atoms. The van der Waals surface area contributed by atoms with Crippen molar-refractivity contribution in [3.05, 3.63) is 29.8 Å². The number of carbonyl (C=O) groups is 1. The summed E-state index contributed by atoms with van der Waals surface area (Å²) in [6.45, 7) is 9.62. The largest absolute Gasteiger partial charge is 0.484 e. The van der Waals surface area contributed by atoms with Crippen molar-refractivity contribution in [2.75, 3.05) is 39.8 Å². The summed E-state index contributed by atoms with van der Waals surface area (Å²) in [5.74, 6) is 0.835. The van der Waals surface area contributed by atoms with E-state index in [9.17, 15) is 4.79 Å². The lowest BCUT2D eigenvalue weighted by atomic mass is 10.2. The lowest BCUT2D eigenvalue weighted by Gasteiger charge is -2.32. The van der Waals surface area contributed by atoms with E-state index in [1.807, 2.05) is 49.9 Å². The summed E-state index contributed by atoms with van der Waals surface area (Å²) in [6.07, 6.45) is 0. The van der Waals surface area contributed by atoms with E-state index in [2.05, 4.69) is 11.9 Å². The van der Waals surface area contributed by atoms with Gasteiger partial charge in [0.2, 0.25) is 0 Å². The molecule has 4 nitrogen and oxygen atoms in total. The number of carbonyl (C=O) groups excluding carboxylic acids is 1. The van der Waals surface area contributed by atoms with E-state index in [0.29, 0.717) is 0 Å². The number of amides is 1. The number of rotatable bonds is 3. The molecule has 0 atom stereocenters. The SMILES string of the molecule is CC.Cc1cccc(OCC(=O)N2CCN(C)CC2)c1. The summed E-state index contributed by atoms with van der Waals surface area (Å²) in [5.41, 5.74) is 1.14. The van der Waals surface area contributed by atoms with Gasteiger partial charge in [-0.15, -0.1) is 0 Å². The first-order chi connectivity index (χ1) is 9.65. The molecule has 0 aliphatic carbocycles. The Morgan fingerprint density at radius 1 is 1.20 bits per heavy atom. The highest BCUT2D eigenvalue weighted by Crippen LogP contribution is 2.12. The molecular weight excluding hydrogens is 252 g/mol. The molecule has 1 aliphatic rings. The van der Waals surface area contributed by atoms with E-state index in [1.165, 1.54) is 0 Å². The van der Waals surface area contributed by atoms with Crippen LogP contribution in [0.2, 0.25) is 0 Å². The van der Waals surface area contributed by atoms with Gasteiger partial charge in [-0.1, -0.05) is 26.0 Å². The van der Waals surface area contributed by atoms with Gasteiger partial charge in [-0.05, 0) is 31.7 Å². The van der Waals surface area contributed by atoms with Gasteiger partial charge in [0.05, 0.1) is 0 Å². The topological polar surface area (TPSA) is 32.8 Å². The van der Waals surface area contributed by atoms with E-state index in [4.69, 9.17) is 4.74 Å². The van der Waals surface area contributed by atoms with E-state index in [0.717, 1.165) is 37.5 Å². The first-order valence-corrected chi connectivity index (χ1v) is 7.31. The average Bonchev–Trinajstić information content (AvgIpc) is 2.48. The summed E-state index contributed by atoms with van der Waals surface area (Å²) in [5, 5.41) is 0. The fraction of sp³-hybridized carbons (Fsp3) is 0.562. The second-order valence-electron chi connectivity index (χ2n) is 4.79. The summed E-state index contributed by atoms with van der Waals surface area (Å²) in [6, 6.07) is 7.77. The molecule has 0 radical (unpaired) electrons. The third-order valence-electron chi connectivity index (χ3n) is 3.21. The maximum absolute atomic E-state index is 11.9. The highest BCUT2D eigenvalue weighted by molar-refractivity contribution is 5.77. The van der Waals surface area contributed by atoms with E-state index in [1.54, 1.807) is 0 Å². The Balaban J connectivity index is 0.000000956. The Labute approximate surface area is 122 Å². The summed E-state index contributed by atoms with van der Waals surface area (Å²) >= 11 is 0. The molecule has 1 heterocycles. The van der Waals surface area contributed by atoms with Crippen LogP contribution in [0.1, 0.15) is 19.4 Å². The number of benzene rings is 1. The highest BCUT2D eigenvalue weighted by atomic mass is 16.5. The quantitative estimate of drug-likeness (QED) is 0.849. The zero-order valence-corrected chi connectivity index (χ0v) is 13.1. The molecule has 0 unspecified atom stereocenters. The van der Waals surface area contributed by atoms with E-state index in [-0.39, 0.29) is 12.5 Å². The van der Waals surface area contributed by atoms with Gasteiger partial charge in [-0.25, -0.2) is 0 Å². The second kappa shape index (κ2) is 8.59. The van der Waals surface area contributed by atoms with Crippen molar-refractivity contribution in [2.24, 2.45) is 0 Å². The maximum Gasteiger partial charge on any atom is 0.260 e. The number of aryl methyl sites for hydroxylation is 1. The van der Waals surface area contributed by atoms with Crippen molar-refractivity contribution >= 4 is 5.91 Å². The normalized spacial score (nSPS) is 15.3. The molecule has 0 saturated carbocycles. The zero-order valence-electron chi connectivity index (χ0n) is 13.1. The minimum absolute atomic E-state index is 0.0737. The van der Waals surface area contributed by atoms with Gasteiger partial charge in [0.15, 0.2) is 6.61 Å². The van der Waals surface area contributed by atoms with E-state index >= 15 is 0 Å². The molecule has 1 aromatic carbocycles. The van der Waals surface area contributed by atoms with Crippen molar-refractivity contribution in [3.8, 4) is 5.75 Å². The number of likely N-dealkylation sites (N-methyl/N-ethyl adjacent to an activating group) is 1. The third-order valence-corrected chi connectivity index (χ3v) is 3.21. The predicted molar refractivity (Wildman–Crippen MR) is 82.1 cm³/mol. The van der Waals surface area contributed by atoms with Gasteiger partial charge in [0.1, 0.15) is 5.75 Å². The van der Waals surface area contributed by atoms with Gasteiger partial charge >= 0.3 is 0 Å². The Bertz CT molecular complexity index is 413. The molecule has 0 aromatic heterocycles. The fourth-order valence-electron chi connectivity index (χ4n) is 2.00. The number of hydrogen-bond acceptors (Lipinski definition) is 3. The second-order valence-corrected chi connectivity index (χ2v) is 4.79. The molecular formula is C16H26N2O2. The van der Waals surface area contributed by atoms with Crippen LogP contribution in [0, 0.1) is 6.92 Å². The third kappa shape index (κ3) is 5.21. The zero-order chi connectivity index (χ0) is 15.0. The average molecular weight is 278 g/mol. The molecule has 112 valence electrons. The van der Waals surface area contributed by atoms with Crippen LogP contribution >= 0.6 is 0 Å². The monoisotopic (exact) mass is 278 g/mol. The Hall–Kier alpha value is -1.55. The van der Waals surface area contributed by atoms with E-state index < -0.39 is 0 Å². The lowest BCUT2D eigenvalue weighted by molar-refractivity contribution is -0.134. The first kappa shape index (κ1) is 16.5. The standard InChI is InChI=1S/C14H20N2O2.C2H6/c1-12-4-3-5-13(10-12)18-11-14(17)16-8-6-15(2)7-9-16;1-2/h3-5,10H,6-9,11H2,1-2H3;1-2H3. The molecule has 1 fully saturated rings. The molecule has 4 heteroatoms. The number of hydrogen-bond donors (Lipinski definition) is 0. The Morgan fingerprint density at radius 3 is 2.45 bits per heavy atom. The molecule has 1 aliphatic heterocycles. The Kier molecular flexibility index (Phi) is 7.09. The van der Waals surface area contributed by atoms with Crippen molar-refractivity contribution in [3.63, 3.8) is 0 Å². The van der Waals surface area contributed by atoms with Crippen LogP contribution in [0.15, 0.2) is 24.3 Å². The molecule has 2 rings (SSSR count). The smallest absolute Gasteiger partial charge is 0.260 e. The van der Waals surface area contributed by atoms with Crippen molar-refractivity contribution in [1.82, 2.24) is 9.80 Å². The summed E-state index contributed by atoms with van der Waals surface area (Å²) in [4.78, 5) is 16.0. The van der Waals surface area contributed by atoms with Crippen LogP contribution in [-0.4, -0.2) is 55.5 Å². The van der Waals surface area contributed by atoms with Crippen LogP contribution in [0.3, 0.4) is 0 Å². The van der Waals surface area contributed by atoms with Crippen molar-refractivity contribution < 1.29 is 9.53 Å². The minimum atomic E-state index is 0.0737. The van der Waals surface area contributed by atoms with Crippen LogP contribution < -0.4 is 4.74 Å². The summed E-state index contributed by atoms with van der Waals surface area (Å²) < 4.78 is 5.52. The van der Waals surface area contributed by atoms with Crippen LogP contribution in [-0.2, 0) is 4.79 Å². The van der Waals surface area contributed by atoms with Gasteiger partial charge in [0.25, 0.3) is 5.91 Å². The minimum Gasteiger partial charge on any atom is -0.484 e. The first-order valence-electron chi connectivity index (χ1n) is 7.31. The number of nitrogens with zero attached hydrogens (tertiary/aromatic N) is 2. The van der Waals surface area contributed by atoms with Crippen LogP contribution in [0.25, 0.3) is 0 Å². The number of piperazine rings is 1. The number of ether oxygens (including phenoxy) is 1. The molecule has 1 aromatic rings. The molecule has 0 spiro atoms.